The van der Waals surface area contributed by atoms with Gasteiger partial charge < -0.3 is 10.1 Å². The number of anilines is 1. The van der Waals surface area contributed by atoms with E-state index in [-0.39, 0.29) is 6.61 Å². The van der Waals surface area contributed by atoms with Crippen LogP contribution in [0.2, 0.25) is 5.02 Å². The van der Waals surface area contributed by atoms with Crippen LogP contribution in [-0.2, 0) is 11.3 Å². The molecule has 1 aliphatic carbocycles. The molecule has 1 heterocycles. The van der Waals surface area contributed by atoms with Crippen LogP contribution in [-0.4, -0.2) is 19.2 Å². The van der Waals surface area contributed by atoms with Gasteiger partial charge in [0.1, 0.15) is 6.61 Å². The first kappa shape index (κ1) is 22.0. The number of nitrogens with one attached hydrogen (secondary N) is 2. The Morgan fingerprint density at radius 2 is 1.67 bits per heavy atom. The molecular weight excluding hydrogens is 432 g/mol. The minimum atomic E-state index is -0.478. The summed E-state index contributed by atoms with van der Waals surface area (Å²) in [5.74, 6) is 1.59. The maximum Gasteiger partial charge on any atom is 0.411 e. The standard InChI is InChI=1S/C28H29ClN2O2/c29-24-14-23(15-25(16-24)31-28(32)33-18-19-5-2-1-3-6-19)27-17-26(27)22-8-4-7-21(13-22)20-9-11-30-12-10-20/h1-8,13-16,20,26-27,30H,9-12,17-18H2,(H,31,32)/t26-,27-/m1/s1. The number of carbonyl (C=O) groups is 1. The van der Waals surface area contributed by atoms with E-state index in [1.165, 1.54) is 24.0 Å². The van der Waals surface area contributed by atoms with Crippen LogP contribution in [0.1, 0.15) is 59.3 Å². The molecule has 4 nitrogen and oxygen atoms in total. The van der Waals surface area contributed by atoms with Gasteiger partial charge in [-0.2, -0.15) is 0 Å². The highest BCUT2D eigenvalue weighted by molar-refractivity contribution is 6.31. The Balaban J connectivity index is 1.23. The molecule has 0 bridgehead atoms. The summed E-state index contributed by atoms with van der Waals surface area (Å²) in [6.45, 7) is 2.44. The quantitative estimate of drug-likeness (QED) is 0.424. The monoisotopic (exact) mass is 460 g/mol. The van der Waals surface area contributed by atoms with Crippen molar-refractivity contribution in [1.82, 2.24) is 5.32 Å². The summed E-state index contributed by atoms with van der Waals surface area (Å²) >= 11 is 6.40. The molecular formula is C28H29ClN2O2. The molecule has 2 N–H and O–H groups in total. The summed E-state index contributed by atoms with van der Waals surface area (Å²) in [5.41, 5.74) is 5.66. The van der Waals surface area contributed by atoms with Gasteiger partial charge in [0.2, 0.25) is 0 Å². The molecule has 2 atom stereocenters. The van der Waals surface area contributed by atoms with Gasteiger partial charge in [-0.25, -0.2) is 4.79 Å². The molecule has 33 heavy (non-hydrogen) atoms. The van der Waals surface area contributed by atoms with E-state index in [4.69, 9.17) is 16.3 Å². The van der Waals surface area contributed by atoms with Crippen LogP contribution >= 0.6 is 11.6 Å². The van der Waals surface area contributed by atoms with Crippen LogP contribution in [0, 0.1) is 0 Å². The maximum atomic E-state index is 12.3. The number of ether oxygens (including phenoxy) is 1. The fourth-order valence-electron chi connectivity index (χ4n) is 4.91. The lowest BCUT2D eigenvalue weighted by molar-refractivity contribution is 0.155. The van der Waals surface area contributed by atoms with Crippen LogP contribution in [0.4, 0.5) is 10.5 Å². The zero-order valence-corrected chi connectivity index (χ0v) is 19.4. The Morgan fingerprint density at radius 3 is 2.48 bits per heavy atom. The summed E-state index contributed by atoms with van der Waals surface area (Å²) in [4.78, 5) is 12.3. The van der Waals surface area contributed by atoms with Gasteiger partial charge in [0.25, 0.3) is 0 Å². The number of rotatable bonds is 6. The summed E-state index contributed by atoms with van der Waals surface area (Å²) in [6, 6.07) is 24.6. The fraction of sp³-hybridized carbons (Fsp3) is 0.321. The summed E-state index contributed by atoms with van der Waals surface area (Å²) < 4.78 is 5.35. The molecule has 2 aliphatic rings. The third-order valence-electron chi connectivity index (χ3n) is 6.75. The molecule has 1 amide bonds. The van der Waals surface area contributed by atoms with Crippen molar-refractivity contribution in [2.45, 2.75) is 43.6 Å². The first-order chi connectivity index (χ1) is 16.2. The van der Waals surface area contributed by atoms with Crippen molar-refractivity contribution in [2.75, 3.05) is 18.4 Å². The molecule has 5 heteroatoms. The number of carbonyl (C=O) groups excluding carboxylic acids is 1. The number of benzene rings is 3. The molecule has 3 aromatic carbocycles. The van der Waals surface area contributed by atoms with E-state index in [2.05, 4.69) is 34.9 Å². The van der Waals surface area contributed by atoms with Crippen molar-refractivity contribution in [3.05, 3.63) is 100 Å². The SMILES string of the molecule is O=C(Nc1cc(Cl)cc([C@H]2C[C@@H]2c2cccc(C3CCNCC3)c2)c1)OCc1ccccc1. The van der Waals surface area contributed by atoms with E-state index in [0.29, 0.717) is 28.5 Å². The molecule has 1 saturated carbocycles. The number of hydrogen-bond acceptors (Lipinski definition) is 3. The zero-order chi connectivity index (χ0) is 22.6. The third-order valence-corrected chi connectivity index (χ3v) is 6.97. The van der Waals surface area contributed by atoms with Gasteiger partial charge in [-0.1, -0.05) is 66.2 Å². The van der Waals surface area contributed by atoms with E-state index in [9.17, 15) is 4.79 Å². The van der Waals surface area contributed by atoms with E-state index in [1.54, 1.807) is 6.07 Å². The van der Waals surface area contributed by atoms with Gasteiger partial charge in [0.05, 0.1) is 0 Å². The Bertz CT molecular complexity index is 1110. The molecule has 170 valence electrons. The topological polar surface area (TPSA) is 50.4 Å². The second-order valence-corrected chi connectivity index (χ2v) is 9.54. The molecule has 1 aliphatic heterocycles. The highest BCUT2D eigenvalue weighted by Crippen LogP contribution is 2.55. The van der Waals surface area contributed by atoms with E-state index in [0.717, 1.165) is 30.6 Å². The number of hydrogen-bond donors (Lipinski definition) is 2. The van der Waals surface area contributed by atoms with Crippen molar-refractivity contribution in [1.29, 1.82) is 0 Å². The van der Waals surface area contributed by atoms with E-state index < -0.39 is 6.09 Å². The molecule has 0 aromatic heterocycles. The summed E-state index contributed by atoms with van der Waals surface area (Å²) in [6.07, 6.45) is 3.05. The Hall–Kier alpha value is -2.82. The average molecular weight is 461 g/mol. The van der Waals surface area contributed by atoms with Crippen LogP contribution in [0.3, 0.4) is 0 Å². The number of amides is 1. The lowest BCUT2D eigenvalue weighted by Gasteiger charge is -2.23. The molecule has 0 spiro atoms. The summed E-state index contributed by atoms with van der Waals surface area (Å²) in [7, 11) is 0. The first-order valence-electron chi connectivity index (χ1n) is 11.7. The Labute approximate surface area is 200 Å². The van der Waals surface area contributed by atoms with Crippen molar-refractivity contribution < 1.29 is 9.53 Å². The maximum absolute atomic E-state index is 12.3. The normalized spacial score (nSPS) is 20.3. The van der Waals surface area contributed by atoms with Gasteiger partial charge in [0, 0.05) is 10.7 Å². The molecule has 0 unspecified atom stereocenters. The molecule has 5 rings (SSSR count). The lowest BCUT2D eigenvalue weighted by atomic mass is 9.88. The van der Waals surface area contributed by atoms with Crippen molar-refractivity contribution in [2.24, 2.45) is 0 Å². The zero-order valence-electron chi connectivity index (χ0n) is 18.6. The molecule has 0 radical (unpaired) electrons. The average Bonchev–Trinajstić information content (AvgIpc) is 3.65. The molecule has 3 aromatic rings. The largest absolute Gasteiger partial charge is 0.444 e. The Kier molecular flexibility index (Phi) is 6.65. The van der Waals surface area contributed by atoms with Crippen molar-refractivity contribution in [3.8, 4) is 0 Å². The second kappa shape index (κ2) is 9.98. The van der Waals surface area contributed by atoms with Crippen LogP contribution in [0.25, 0.3) is 0 Å². The fourth-order valence-corrected chi connectivity index (χ4v) is 5.15. The van der Waals surface area contributed by atoms with Crippen molar-refractivity contribution in [3.63, 3.8) is 0 Å². The van der Waals surface area contributed by atoms with Crippen LogP contribution < -0.4 is 10.6 Å². The first-order valence-corrected chi connectivity index (χ1v) is 12.1. The molecule has 1 saturated heterocycles. The van der Waals surface area contributed by atoms with Crippen LogP contribution in [0.15, 0.2) is 72.8 Å². The van der Waals surface area contributed by atoms with Gasteiger partial charge in [-0.15, -0.1) is 0 Å². The third kappa shape index (κ3) is 5.58. The van der Waals surface area contributed by atoms with Gasteiger partial charge in [-0.05, 0) is 90.6 Å². The van der Waals surface area contributed by atoms with Gasteiger partial charge >= 0.3 is 6.09 Å². The van der Waals surface area contributed by atoms with E-state index in [1.807, 2.05) is 42.5 Å². The minimum Gasteiger partial charge on any atom is -0.444 e. The van der Waals surface area contributed by atoms with Gasteiger partial charge in [0.15, 0.2) is 0 Å². The van der Waals surface area contributed by atoms with E-state index >= 15 is 0 Å². The lowest BCUT2D eigenvalue weighted by Crippen LogP contribution is -2.26. The predicted octanol–water partition coefficient (Wildman–Crippen LogP) is 6.83. The highest BCUT2D eigenvalue weighted by atomic mass is 35.5. The highest BCUT2D eigenvalue weighted by Gasteiger charge is 2.40. The predicted molar refractivity (Wildman–Crippen MR) is 133 cm³/mol. The van der Waals surface area contributed by atoms with Gasteiger partial charge in [-0.3, -0.25) is 5.32 Å². The second-order valence-electron chi connectivity index (χ2n) is 9.10. The van der Waals surface area contributed by atoms with Crippen molar-refractivity contribution >= 4 is 23.4 Å². The smallest absolute Gasteiger partial charge is 0.411 e. The molecule has 2 fully saturated rings. The Morgan fingerprint density at radius 1 is 0.909 bits per heavy atom. The van der Waals surface area contributed by atoms with Crippen LogP contribution in [0.5, 0.6) is 0 Å². The number of piperidine rings is 1. The minimum absolute atomic E-state index is 0.234. The number of halogens is 1. The summed E-state index contributed by atoms with van der Waals surface area (Å²) in [5, 5.41) is 6.91.